The van der Waals surface area contributed by atoms with Gasteiger partial charge in [0, 0.05) is 30.9 Å². The molecule has 126 valence electrons. The molecule has 0 spiro atoms. The molecule has 3 rings (SSSR count). The van der Waals surface area contributed by atoms with Gasteiger partial charge in [0.2, 0.25) is 11.8 Å². The Morgan fingerprint density at radius 1 is 1.54 bits per heavy atom. The molecule has 0 unspecified atom stereocenters. The lowest BCUT2D eigenvalue weighted by Gasteiger charge is -2.22. The molecule has 1 aromatic carbocycles. The summed E-state index contributed by atoms with van der Waals surface area (Å²) >= 11 is 0. The quantitative estimate of drug-likeness (QED) is 0.647. The van der Waals surface area contributed by atoms with Crippen molar-refractivity contribution >= 4 is 17.3 Å². The first kappa shape index (κ1) is 15.9. The van der Waals surface area contributed by atoms with Gasteiger partial charge in [-0.15, -0.1) is 0 Å². The molecule has 0 saturated heterocycles. The van der Waals surface area contributed by atoms with Gasteiger partial charge in [-0.1, -0.05) is 5.16 Å². The Balaban J connectivity index is 1.77. The highest BCUT2D eigenvalue weighted by atomic mass is 16.6. The molecular formula is C15H17N5O4. The number of nitrogens with one attached hydrogen (secondary N) is 1. The van der Waals surface area contributed by atoms with E-state index < -0.39 is 4.92 Å². The first-order valence-electron chi connectivity index (χ1n) is 7.54. The summed E-state index contributed by atoms with van der Waals surface area (Å²) in [5.74, 6) is 0.557. The first-order chi connectivity index (χ1) is 11.5. The van der Waals surface area contributed by atoms with Gasteiger partial charge in [0.15, 0.2) is 5.82 Å². The van der Waals surface area contributed by atoms with Crippen molar-refractivity contribution in [1.29, 1.82) is 0 Å². The molecule has 1 aliphatic rings. The molecule has 0 radical (unpaired) electrons. The molecule has 0 bridgehead atoms. The van der Waals surface area contributed by atoms with Gasteiger partial charge in [0.25, 0.3) is 5.69 Å². The lowest BCUT2D eigenvalue weighted by atomic mass is 10.1. The van der Waals surface area contributed by atoms with E-state index in [1.807, 2.05) is 6.92 Å². The molecule has 9 nitrogen and oxygen atoms in total. The smallest absolute Gasteiger partial charge is 0.269 e. The molecule has 2 aromatic rings. The predicted molar refractivity (Wildman–Crippen MR) is 84.5 cm³/mol. The molecule has 1 aromatic heterocycles. The molecular weight excluding hydrogens is 314 g/mol. The van der Waals surface area contributed by atoms with E-state index in [1.165, 1.54) is 6.07 Å². The average molecular weight is 331 g/mol. The number of nitro groups is 1. The minimum absolute atomic E-state index is 0.0678. The molecule has 0 fully saturated rings. The number of nitro benzene ring substituents is 1. The van der Waals surface area contributed by atoms with Crippen LogP contribution in [0.1, 0.15) is 24.2 Å². The standard InChI is InChI=1S/C15H17N5O4/c1-9-5-10-6-11(20(22)23)3-4-12(10)19(9)8-15-17-13(18-24-15)7-14(21)16-2/h3-4,6,9H,5,7-8H2,1-2H3,(H,16,21)/t9-/m0/s1. The van der Waals surface area contributed by atoms with E-state index in [0.717, 1.165) is 17.7 Å². The molecule has 1 N–H and O–H groups in total. The Bertz CT molecular complexity index is 788. The van der Waals surface area contributed by atoms with Crippen molar-refractivity contribution in [3.8, 4) is 0 Å². The van der Waals surface area contributed by atoms with Crippen LogP contribution in [-0.2, 0) is 24.2 Å². The molecule has 0 saturated carbocycles. The zero-order valence-corrected chi connectivity index (χ0v) is 13.4. The molecule has 9 heteroatoms. The number of hydrogen-bond donors (Lipinski definition) is 1. The molecule has 0 aliphatic carbocycles. The van der Waals surface area contributed by atoms with Crippen LogP contribution in [-0.4, -0.2) is 34.1 Å². The summed E-state index contributed by atoms with van der Waals surface area (Å²) in [4.78, 5) is 28.1. The fourth-order valence-corrected chi connectivity index (χ4v) is 2.84. The van der Waals surface area contributed by atoms with E-state index >= 15 is 0 Å². The Labute approximate surface area is 137 Å². The second-order valence-corrected chi connectivity index (χ2v) is 5.71. The normalized spacial score (nSPS) is 16.1. The molecule has 2 heterocycles. The average Bonchev–Trinajstić information content (AvgIpc) is 3.11. The predicted octanol–water partition coefficient (Wildman–Crippen LogP) is 1.22. The maximum absolute atomic E-state index is 11.3. The minimum atomic E-state index is -0.392. The number of rotatable bonds is 5. The maximum Gasteiger partial charge on any atom is 0.269 e. The zero-order valence-electron chi connectivity index (χ0n) is 13.4. The highest BCUT2D eigenvalue weighted by Gasteiger charge is 2.29. The summed E-state index contributed by atoms with van der Waals surface area (Å²) in [6.45, 7) is 2.43. The van der Waals surface area contributed by atoms with Crippen LogP contribution in [0.2, 0.25) is 0 Å². The molecule has 24 heavy (non-hydrogen) atoms. The van der Waals surface area contributed by atoms with E-state index in [4.69, 9.17) is 4.52 Å². The Morgan fingerprint density at radius 2 is 2.33 bits per heavy atom. The number of amides is 1. The summed E-state index contributed by atoms with van der Waals surface area (Å²) < 4.78 is 5.21. The third-order valence-electron chi connectivity index (χ3n) is 4.04. The second-order valence-electron chi connectivity index (χ2n) is 5.71. The fraction of sp³-hybridized carbons (Fsp3) is 0.400. The van der Waals surface area contributed by atoms with Gasteiger partial charge in [0.1, 0.15) is 0 Å². The topological polar surface area (TPSA) is 114 Å². The third kappa shape index (κ3) is 3.05. The van der Waals surface area contributed by atoms with E-state index in [-0.39, 0.29) is 24.1 Å². The highest BCUT2D eigenvalue weighted by Crippen LogP contribution is 2.35. The molecule has 1 atom stereocenters. The Kier molecular flexibility index (Phi) is 4.15. The van der Waals surface area contributed by atoms with Crippen molar-refractivity contribution in [1.82, 2.24) is 15.5 Å². The zero-order chi connectivity index (χ0) is 17.3. The van der Waals surface area contributed by atoms with Crippen LogP contribution in [0.5, 0.6) is 0 Å². The number of fused-ring (bicyclic) bond motifs is 1. The van der Waals surface area contributed by atoms with Gasteiger partial charge in [-0.05, 0) is 25.0 Å². The van der Waals surface area contributed by atoms with Crippen LogP contribution >= 0.6 is 0 Å². The summed E-state index contributed by atoms with van der Waals surface area (Å²) in [5.41, 5.74) is 1.95. The van der Waals surface area contributed by atoms with Gasteiger partial charge < -0.3 is 14.7 Å². The third-order valence-corrected chi connectivity index (χ3v) is 4.04. The van der Waals surface area contributed by atoms with Crippen molar-refractivity contribution in [2.75, 3.05) is 11.9 Å². The van der Waals surface area contributed by atoms with Crippen molar-refractivity contribution in [2.24, 2.45) is 0 Å². The van der Waals surface area contributed by atoms with Gasteiger partial charge in [0.05, 0.1) is 17.9 Å². The lowest BCUT2D eigenvalue weighted by molar-refractivity contribution is -0.384. The highest BCUT2D eigenvalue weighted by molar-refractivity contribution is 5.77. The van der Waals surface area contributed by atoms with Gasteiger partial charge in [-0.25, -0.2) is 0 Å². The van der Waals surface area contributed by atoms with Crippen molar-refractivity contribution in [3.05, 3.63) is 45.6 Å². The van der Waals surface area contributed by atoms with Crippen molar-refractivity contribution in [3.63, 3.8) is 0 Å². The number of carbonyl (C=O) groups excluding carboxylic acids is 1. The number of likely N-dealkylation sites (N-methyl/N-ethyl adjacent to an activating group) is 1. The van der Waals surface area contributed by atoms with Crippen LogP contribution in [0.25, 0.3) is 0 Å². The minimum Gasteiger partial charge on any atom is -0.359 e. The monoisotopic (exact) mass is 331 g/mol. The Morgan fingerprint density at radius 3 is 3.04 bits per heavy atom. The van der Waals surface area contributed by atoms with E-state index in [9.17, 15) is 14.9 Å². The number of non-ortho nitro benzene ring substituents is 1. The van der Waals surface area contributed by atoms with E-state index in [0.29, 0.717) is 18.3 Å². The van der Waals surface area contributed by atoms with Crippen LogP contribution in [0.4, 0.5) is 11.4 Å². The van der Waals surface area contributed by atoms with Crippen molar-refractivity contribution in [2.45, 2.75) is 32.4 Å². The van der Waals surface area contributed by atoms with Gasteiger partial charge in [-0.2, -0.15) is 4.98 Å². The van der Waals surface area contributed by atoms with Gasteiger partial charge in [-0.3, -0.25) is 14.9 Å². The largest absolute Gasteiger partial charge is 0.359 e. The maximum atomic E-state index is 11.3. The summed E-state index contributed by atoms with van der Waals surface area (Å²) in [7, 11) is 1.55. The number of benzene rings is 1. The molecule has 1 amide bonds. The lowest BCUT2D eigenvalue weighted by Crippen LogP contribution is -2.28. The SMILES string of the molecule is CNC(=O)Cc1noc(CN2c3ccc([N+](=O)[O-])cc3C[C@@H]2C)n1. The number of anilines is 1. The van der Waals surface area contributed by atoms with E-state index in [1.54, 1.807) is 19.2 Å². The number of carbonyl (C=O) groups is 1. The van der Waals surface area contributed by atoms with Gasteiger partial charge >= 0.3 is 0 Å². The molecule has 1 aliphatic heterocycles. The first-order valence-corrected chi connectivity index (χ1v) is 7.54. The Hall–Kier alpha value is -2.97. The number of nitrogens with zero attached hydrogens (tertiary/aromatic N) is 4. The summed E-state index contributed by atoms with van der Waals surface area (Å²) in [6, 6.07) is 5.01. The summed E-state index contributed by atoms with van der Waals surface area (Å²) in [5, 5.41) is 17.2. The van der Waals surface area contributed by atoms with E-state index in [2.05, 4.69) is 20.4 Å². The van der Waals surface area contributed by atoms with Crippen molar-refractivity contribution < 1.29 is 14.2 Å². The van der Waals surface area contributed by atoms with Crippen LogP contribution in [0.3, 0.4) is 0 Å². The van der Waals surface area contributed by atoms with Crippen LogP contribution < -0.4 is 10.2 Å². The number of hydrogen-bond acceptors (Lipinski definition) is 7. The fourth-order valence-electron chi connectivity index (χ4n) is 2.84. The summed E-state index contributed by atoms with van der Waals surface area (Å²) in [6.07, 6.45) is 0.786. The van der Waals surface area contributed by atoms with Crippen LogP contribution in [0, 0.1) is 10.1 Å². The second kappa shape index (κ2) is 6.26. The number of aromatic nitrogens is 2. The van der Waals surface area contributed by atoms with Crippen LogP contribution in [0.15, 0.2) is 22.7 Å².